The summed E-state index contributed by atoms with van der Waals surface area (Å²) in [4.78, 5) is 0. The van der Waals surface area contributed by atoms with Crippen LogP contribution in [0.5, 0.6) is 0 Å². The SMILES string of the molecule is CNC(c1c(Br)cnn1C(C)C)C1SCCSC1C. The van der Waals surface area contributed by atoms with Gasteiger partial charge in [0, 0.05) is 28.0 Å². The minimum absolute atomic E-state index is 0.340. The van der Waals surface area contributed by atoms with Crippen LogP contribution in [-0.2, 0) is 0 Å². The van der Waals surface area contributed by atoms with Crippen LogP contribution in [-0.4, -0.2) is 38.8 Å². The minimum Gasteiger partial charge on any atom is -0.311 e. The molecule has 2 heterocycles. The molecule has 2 rings (SSSR count). The van der Waals surface area contributed by atoms with Gasteiger partial charge in [0.05, 0.1) is 22.4 Å². The van der Waals surface area contributed by atoms with Gasteiger partial charge in [-0.1, -0.05) is 6.92 Å². The zero-order valence-corrected chi connectivity index (χ0v) is 15.1. The van der Waals surface area contributed by atoms with E-state index in [4.69, 9.17) is 0 Å². The molecule has 0 bridgehead atoms. The Morgan fingerprint density at radius 3 is 2.68 bits per heavy atom. The summed E-state index contributed by atoms with van der Waals surface area (Å²) in [5.41, 5.74) is 1.28. The molecule has 1 saturated heterocycles. The summed E-state index contributed by atoms with van der Waals surface area (Å²) >= 11 is 7.84. The molecule has 0 spiro atoms. The maximum Gasteiger partial charge on any atom is 0.0710 e. The molecule has 1 aromatic heterocycles. The van der Waals surface area contributed by atoms with Crippen molar-refractivity contribution < 1.29 is 0 Å². The van der Waals surface area contributed by atoms with Crippen LogP contribution in [0.4, 0.5) is 0 Å². The van der Waals surface area contributed by atoms with Gasteiger partial charge in [-0.15, -0.1) is 0 Å². The van der Waals surface area contributed by atoms with Crippen LogP contribution < -0.4 is 5.32 Å². The Kier molecular flexibility index (Phi) is 5.69. The molecule has 0 radical (unpaired) electrons. The van der Waals surface area contributed by atoms with Crippen LogP contribution in [0, 0.1) is 0 Å². The van der Waals surface area contributed by atoms with Crippen molar-refractivity contribution in [2.24, 2.45) is 0 Å². The Labute approximate surface area is 132 Å². The highest BCUT2D eigenvalue weighted by Gasteiger charge is 2.34. The van der Waals surface area contributed by atoms with Gasteiger partial charge in [0.2, 0.25) is 0 Å². The highest BCUT2D eigenvalue weighted by atomic mass is 79.9. The number of hydrogen-bond donors (Lipinski definition) is 1. The minimum atomic E-state index is 0.340. The van der Waals surface area contributed by atoms with Crippen molar-refractivity contribution in [3.05, 3.63) is 16.4 Å². The lowest BCUT2D eigenvalue weighted by molar-refractivity contribution is 0.450. The van der Waals surface area contributed by atoms with Gasteiger partial charge in [-0.3, -0.25) is 4.68 Å². The van der Waals surface area contributed by atoms with E-state index in [2.05, 4.69) is 82.4 Å². The summed E-state index contributed by atoms with van der Waals surface area (Å²) in [5.74, 6) is 2.51. The summed E-state index contributed by atoms with van der Waals surface area (Å²) in [6.45, 7) is 6.71. The summed E-state index contributed by atoms with van der Waals surface area (Å²) in [7, 11) is 2.06. The number of hydrogen-bond acceptors (Lipinski definition) is 4. The van der Waals surface area contributed by atoms with Crippen LogP contribution >= 0.6 is 39.5 Å². The molecule has 0 aromatic carbocycles. The van der Waals surface area contributed by atoms with E-state index in [-0.39, 0.29) is 0 Å². The molecule has 0 aliphatic carbocycles. The predicted molar refractivity (Wildman–Crippen MR) is 90.3 cm³/mol. The number of thioether (sulfide) groups is 2. The topological polar surface area (TPSA) is 29.9 Å². The van der Waals surface area contributed by atoms with E-state index in [0.29, 0.717) is 22.6 Å². The van der Waals surface area contributed by atoms with Crippen molar-refractivity contribution in [1.82, 2.24) is 15.1 Å². The maximum absolute atomic E-state index is 4.52. The van der Waals surface area contributed by atoms with Crippen LogP contribution in [0.3, 0.4) is 0 Å². The van der Waals surface area contributed by atoms with Crippen molar-refractivity contribution >= 4 is 39.5 Å². The fraction of sp³-hybridized carbons (Fsp3) is 0.769. The number of nitrogens with zero attached hydrogens (tertiary/aromatic N) is 2. The fourth-order valence-electron chi connectivity index (χ4n) is 2.53. The Hall–Kier alpha value is 0.350. The molecule has 6 heteroatoms. The molecule has 108 valence electrons. The molecule has 3 nitrogen and oxygen atoms in total. The number of halogens is 1. The van der Waals surface area contributed by atoms with Gasteiger partial charge >= 0.3 is 0 Å². The molecular formula is C13H22BrN3S2. The molecule has 3 unspecified atom stereocenters. The van der Waals surface area contributed by atoms with Crippen molar-refractivity contribution in [3.8, 4) is 0 Å². The average Bonchev–Trinajstić information content (AvgIpc) is 2.75. The second kappa shape index (κ2) is 6.87. The average molecular weight is 364 g/mol. The summed E-state index contributed by atoms with van der Waals surface area (Å²) in [5, 5.41) is 9.29. The third-order valence-electron chi connectivity index (χ3n) is 3.45. The predicted octanol–water partition coefficient (Wildman–Crippen LogP) is 3.72. The zero-order valence-electron chi connectivity index (χ0n) is 11.9. The Bertz CT molecular complexity index is 422. The second-order valence-corrected chi connectivity index (χ2v) is 8.72. The Morgan fingerprint density at radius 1 is 1.42 bits per heavy atom. The molecule has 1 aliphatic heterocycles. The molecule has 1 aliphatic rings. The maximum atomic E-state index is 4.52. The Morgan fingerprint density at radius 2 is 2.11 bits per heavy atom. The van der Waals surface area contributed by atoms with Crippen molar-refractivity contribution in [1.29, 1.82) is 0 Å². The third kappa shape index (κ3) is 3.34. The zero-order chi connectivity index (χ0) is 14.0. The molecule has 1 fully saturated rings. The lowest BCUT2D eigenvalue weighted by Crippen LogP contribution is -2.37. The first-order valence-corrected chi connectivity index (χ1v) is 9.58. The summed E-state index contributed by atoms with van der Waals surface area (Å²) in [6, 6.07) is 0.723. The van der Waals surface area contributed by atoms with Gasteiger partial charge in [0.25, 0.3) is 0 Å². The van der Waals surface area contributed by atoms with Crippen molar-refractivity contribution in [2.45, 2.75) is 43.4 Å². The quantitative estimate of drug-likeness (QED) is 0.882. The van der Waals surface area contributed by atoms with Crippen LogP contribution in [0.2, 0.25) is 0 Å². The van der Waals surface area contributed by atoms with Gasteiger partial charge in [-0.2, -0.15) is 28.6 Å². The Balaban J connectivity index is 2.33. The monoisotopic (exact) mass is 363 g/mol. The molecule has 0 saturated carbocycles. The van der Waals surface area contributed by atoms with E-state index in [1.165, 1.54) is 17.2 Å². The van der Waals surface area contributed by atoms with Crippen LogP contribution in [0.1, 0.15) is 38.5 Å². The second-order valence-electron chi connectivity index (χ2n) is 5.09. The summed E-state index contributed by atoms with van der Waals surface area (Å²) in [6.07, 6.45) is 1.92. The van der Waals surface area contributed by atoms with Crippen molar-refractivity contribution in [3.63, 3.8) is 0 Å². The standard InChI is InChI=1S/C13H22BrN3S2/c1-8(2)17-12(10(14)7-16-17)11(15-4)13-9(3)18-5-6-19-13/h7-9,11,13,15H,5-6H2,1-4H3. The third-order valence-corrected chi connectivity index (χ3v) is 7.25. The lowest BCUT2D eigenvalue weighted by atomic mass is 10.1. The van der Waals surface area contributed by atoms with E-state index in [9.17, 15) is 0 Å². The first-order valence-electron chi connectivity index (χ1n) is 6.69. The van der Waals surface area contributed by atoms with E-state index in [1.807, 2.05) is 6.20 Å². The van der Waals surface area contributed by atoms with Crippen LogP contribution in [0.25, 0.3) is 0 Å². The van der Waals surface area contributed by atoms with E-state index < -0.39 is 0 Å². The lowest BCUT2D eigenvalue weighted by Gasteiger charge is -2.35. The van der Waals surface area contributed by atoms with E-state index in [1.54, 1.807) is 0 Å². The highest BCUT2D eigenvalue weighted by Crippen LogP contribution is 2.40. The smallest absolute Gasteiger partial charge is 0.0710 e. The molecule has 1 aromatic rings. The van der Waals surface area contributed by atoms with Gasteiger partial charge in [0.15, 0.2) is 0 Å². The fourth-order valence-corrected chi connectivity index (χ4v) is 6.01. The normalized spacial score (nSPS) is 25.8. The molecule has 3 atom stereocenters. The number of aromatic nitrogens is 2. The van der Waals surface area contributed by atoms with Gasteiger partial charge in [-0.25, -0.2) is 0 Å². The van der Waals surface area contributed by atoms with Gasteiger partial charge < -0.3 is 5.32 Å². The van der Waals surface area contributed by atoms with Gasteiger partial charge in [0.1, 0.15) is 0 Å². The first kappa shape index (κ1) is 15.7. The van der Waals surface area contributed by atoms with Crippen molar-refractivity contribution in [2.75, 3.05) is 18.6 Å². The largest absolute Gasteiger partial charge is 0.311 e. The molecule has 1 N–H and O–H groups in total. The van der Waals surface area contributed by atoms with E-state index in [0.717, 1.165) is 4.47 Å². The molecule has 19 heavy (non-hydrogen) atoms. The first-order chi connectivity index (χ1) is 9.06. The molecular weight excluding hydrogens is 342 g/mol. The summed E-state index contributed by atoms with van der Waals surface area (Å²) < 4.78 is 3.25. The van der Waals surface area contributed by atoms with Crippen LogP contribution in [0.15, 0.2) is 10.7 Å². The molecule has 0 amide bonds. The highest BCUT2D eigenvalue weighted by molar-refractivity contribution is 9.10. The number of nitrogens with one attached hydrogen (secondary N) is 1. The van der Waals surface area contributed by atoms with E-state index >= 15 is 0 Å². The number of rotatable bonds is 4. The van der Waals surface area contributed by atoms with Gasteiger partial charge in [-0.05, 0) is 36.8 Å².